The van der Waals surface area contributed by atoms with Crippen LogP contribution in [0.5, 0.6) is 5.75 Å². The third kappa shape index (κ3) is 4.54. The van der Waals surface area contributed by atoms with Gasteiger partial charge in [0.15, 0.2) is 0 Å². The Bertz CT molecular complexity index is 467. The summed E-state index contributed by atoms with van der Waals surface area (Å²) in [6, 6.07) is 7.93. The smallest absolute Gasteiger partial charge is 0.410 e. The SMILES string of the molecule is CC(C)(C)OC(=O)N1CC[C@H](Oc2ccc(I)cc2)C1. The molecule has 0 aromatic heterocycles. The van der Waals surface area contributed by atoms with Crippen molar-refractivity contribution in [3.05, 3.63) is 27.8 Å². The van der Waals surface area contributed by atoms with Crippen molar-refractivity contribution in [2.24, 2.45) is 0 Å². The lowest BCUT2D eigenvalue weighted by Gasteiger charge is -2.24. The van der Waals surface area contributed by atoms with Crippen LogP contribution >= 0.6 is 22.6 Å². The fraction of sp³-hybridized carbons (Fsp3) is 0.533. The van der Waals surface area contributed by atoms with Crippen molar-refractivity contribution in [3.8, 4) is 5.75 Å². The predicted molar refractivity (Wildman–Crippen MR) is 86.0 cm³/mol. The van der Waals surface area contributed by atoms with Crippen LogP contribution in [0.15, 0.2) is 24.3 Å². The van der Waals surface area contributed by atoms with Gasteiger partial charge in [-0.05, 0) is 67.6 Å². The summed E-state index contributed by atoms with van der Waals surface area (Å²) in [5, 5.41) is 0. The van der Waals surface area contributed by atoms with Crippen LogP contribution in [0.1, 0.15) is 27.2 Å². The first-order valence-corrected chi connectivity index (χ1v) is 7.81. The maximum atomic E-state index is 12.0. The number of likely N-dealkylation sites (tertiary alicyclic amines) is 1. The molecule has 5 heteroatoms. The van der Waals surface area contributed by atoms with E-state index in [0.717, 1.165) is 12.2 Å². The Morgan fingerprint density at radius 1 is 1.30 bits per heavy atom. The molecule has 1 atom stereocenters. The lowest BCUT2D eigenvalue weighted by Crippen LogP contribution is -2.36. The molecule has 0 aliphatic carbocycles. The van der Waals surface area contributed by atoms with Crippen molar-refractivity contribution >= 4 is 28.7 Å². The monoisotopic (exact) mass is 389 g/mol. The molecule has 1 aliphatic heterocycles. The summed E-state index contributed by atoms with van der Waals surface area (Å²) in [7, 11) is 0. The average Bonchev–Trinajstić information content (AvgIpc) is 2.79. The zero-order chi connectivity index (χ0) is 14.8. The summed E-state index contributed by atoms with van der Waals surface area (Å²) < 4.78 is 12.4. The molecule has 0 unspecified atom stereocenters. The van der Waals surface area contributed by atoms with Gasteiger partial charge in [0, 0.05) is 16.5 Å². The molecule has 0 radical (unpaired) electrons. The molecule has 1 aromatic rings. The number of amides is 1. The normalized spacial score (nSPS) is 19.0. The first kappa shape index (κ1) is 15.4. The van der Waals surface area contributed by atoms with E-state index in [2.05, 4.69) is 22.6 Å². The van der Waals surface area contributed by atoms with E-state index in [1.807, 2.05) is 45.0 Å². The van der Waals surface area contributed by atoms with Gasteiger partial charge in [-0.15, -0.1) is 0 Å². The molecule has 1 fully saturated rings. The van der Waals surface area contributed by atoms with Gasteiger partial charge in [-0.1, -0.05) is 0 Å². The van der Waals surface area contributed by atoms with Gasteiger partial charge in [-0.2, -0.15) is 0 Å². The van der Waals surface area contributed by atoms with Gasteiger partial charge < -0.3 is 14.4 Å². The number of nitrogens with zero attached hydrogens (tertiary/aromatic N) is 1. The average molecular weight is 389 g/mol. The van der Waals surface area contributed by atoms with E-state index >= 15 is 0 Å². The minimum Gasteiger partial charge on any atom is -0.489 e. The quantitative estimate of drug-likeness (QED) is 0.725. The lowest BCUT2D eigenvalue weighted by molar-refractivity contribution is 0.0275. The van der Waals surface area contributed by atoms with Crippen LogP contribution in [0.4, 0.5) is 4.79 Å². The van der Waals surface area contributed by atoms with E-state index in [1.165, 1.54) is 3.57 Å². The highest BCUT2D eigenvalue weighted by Crippen LogP contribution is 2.21. The van der Waals surface area contributed by atoms with E-state index < -0.39 is 5.60 Å². The second-order valence-corrected chi connectivity index (χ2v) is 7.15. The summed E-state index contributed by atoms with van der Waals surface area (Å²) in [4.78, 5) is 13.7. The first-order chi connectivity index (χ1) is 9.33. The maximum Gasteiger partial charge on any atom is 0.410 e. The Labute approximate surface area is 133 Å². The minimum atomic E-state index is -0.452. The summed E-state index contributed by atoms with van der Waals surface area (Å²) in [5.41, 5.74) is -0.452. The van der Waals surface area contributed by atoms with Crippen LogP contribution in [0.3, 0.4) is 0 Å². The number of halogens is 1. The molecule has 1 saturated heterocycles. The van der Waals surface area contributed by atoms with Gasteiger partial charge in [-0.3, -0.25) is 0 Å². The maximum absolute atomic E-state index is 12.0. The summed E-state index contributed by atoms with van der Waals surface area (Å²) >= 11 is 2.26. The van der Waals surface area contributed by atoms with Crippen molar-refractivity contribution in [3.63, 3.8) is 0 Å². The van der Waals surface area contributed by atoms with E-state index in [4.69, 9.17) is 9.47 Å². The van der Waals surface area contributed by atoms with Crippen molar-refractivity contribution in [2.75, 3.05) is 13.1 Å². The van der Waals surface area contributed by atoms with Crippen LogP contribution < -0.4 is 4.74 Å². The van der Waals surface area contributed by atoms with Crippen molar-refractivity contribution < 1.29 is 14.3 Å². The molecule has 1 amide bonds. The Morgan fingerprint density at radius 2 is 1.95 bits per heavy atom. The first-order valence-electron chi connectivity index (χ1n) is 6.74. The Kier molecular flexibility index (Phi) is 4.78. The molecule has 1 aliphatic rings. The number of ether oxygens (including phenoxy) is 2. The number of hydrogen-bond acceptors (Lipinski definition) is 3. The standard InChI is InChI=1S/C15H20INO3/c1-15(2,3)20-14(18)17-9-8-13(10-17)19-12-6-4-11(16)5-7-12/h4-7,13H,8-10H2,1-3H3/t13-/m0/s1. The predicted octanol–water partition coefficient (Wildman–Crippen LogP) is 3.68. The highest BCUT2D eigenvalue weighted by atomic mass is 127. The molecule has 0 spiro atoms. The number of hydrogen-bond donors (Lipinski definition) is 0. The Hall–Kier alpha value is -0.980. The van der Waals surface area contributed by atoms with Gasteiger partial charge in [-0.25, -0.2) is 4.79 Å². The van der Waals surface area contributed by atoms with Gasteiger partial charge in [0.05, 0.1) is 6.54 Å². The summed E-state index contributed by atoms with van der Waals surface area (Å²) in [6.07, 6.45) is 0.624. The molecule has 1 aromatic carbocycles. The molecule has 0 N–H and O–H groups in total. The molecule has 0 bridgehead atoms. The largest absolute Gasteiger partial charge is 0.489 e. The summed E-state index contributed by atoms with van der Waals surface area (Å²) in [5.74, 6) is 0.849. The minimum absolute atomic E-state index is 0.0441. The molecule has 0 saturated carbocycles. The number of carbonyl (C=O) groups is 1. The molecular weight excluding hydrogens is 369 g/mol. The molecule has 1 heterocycles. The second kappa shape index (κ2) is 6.20. The van der Waals surface area contributed by atoms with Gasteiger partial charge in [0.1, 0.15) is 17.5 Å². The van der Waals surface area contributed by atoms with E-state index in [0.29, 0.717) is 13.1 Å². The molecule has 110 valence electrons. The fourth-order valence-electron chi connectivity index (χ4n) is 2.02. The molecular formula is C15H20INO3. The zero-order valence-corrected chi connectivity index (χ0v) is 14.2. The number of benzene rings is 1. The second-order valence-electron chi connectivity index (χ2n) is 5.91. The third-order valence-electron chi connectivity index (χ3n) is 2.91. The lowest BCUT2D eigenvalue weighted by atomic mass is 10.2. The van der Waals surface area contributed by atoms with Gasteiger partial charge >= 0.3 is 6.09 Å². The fourth-order valence-corrected chi connectivity index (χ4v) is 2.38. The van der Waals surface area contributed by atoms with Crippen LogP contribution in [-0.4, -0.2) is 35.8 Å². The van der Waals surface area contributed by atoms with Crippen molar-refractivity contribution in [2.45, 2.75) is 38.9 Å². The molecule has 20 heavy (non-hydrogen) atoms. The number of rotatable bonds is 2. The van der Waals surface area contributed by atoms with Crippen LogP contribution in [-0.2, 0) is 4.74 Å². The Morgan fingerprint density at radius 3 is 2.55 bits per heavy atom. The topological polar surface area (TPSA) is 38.8 Å². The Balaban J connectivity index is 1.86. The van der Waals surface area contributed by atoms with E-state index in [9.17, 15) is 4.79 Å². The van der Waals surface area contributed by atoms with Gasteiger partial charge in [0.2, 0.25) is 0 Å². The van der Waals surface area contributed by atoms with Gasteiger partial charge in [0.25, 0.3) is 0 Å². The van der Waals surface area contributed by atoms with Crippen molar-refractivity contribution in [1.29, 1.82) is 0 Å². The molecule has 4 nitrogen and oxygen atoms in total. The zero-order valence-electron chi connectivity index (χ0n) is 12.1. The van der Waals surface area contributed by atoms with Crippen molar-refractivity contribution in [1.82, 2.24) is 4.90 Å². The van der Waals surface area contributed by atoms with Crippen LogP contribution in [0.25, 0.3) is 0 Å². The van der Waals surface area contributed by atoms with Crippen LogP contribution in [0.2, 0.25) is 0 Å². The van der Waals surface area contributed by atoms with E-state index in [-0.39, 0.29) is 12.2 Å². The molecule has 2 rings (SSSR count). The van der Waals surface area contributed by atoms with E-state index in [1.54, 1.807) is 4.90 Å². The number of carbonyl (C=O) groups excluding carboxylic acids is 1. The highest BCUT2D eigenvalue weighted by molar-refractivity contribution is 14.1. The van der Waals surface area contributed by atoms with Crippen LogP contribution in [0, 0.1) is 3.57 Å². The highest BCUT2D eigenvalue weighted by Gasteiger charge is 2.30. The summed E-state index contributed by atoms with van der Waals surface area (Å²) in [6.45, 7) is 6.90. The third-order valence-corrected chi connectivity index (χ3v) is 3.63.